The van der Waals surface area contributed by atoms with E-state index in [1.54, 1.807) is 6.07 Å². The van der Waals surface area contributed by atoms with Crippen LogP contribution >= 0.6 is 0 Å². The lowest BCUT2D eigenvalue weighted by molar-refractivity contribution is 0.0589. The summed E-state index contributed by atoms with van der Waals surface area (Å²) in [7, 11) is 1.39. The van der Waals surface area contributed by atoms with Crippen molar-refractivity contribution < 1.29 is 14.3 Å². The van der Waals surface area contributed by atoms with Crippen molar-refractivity contribution in [1.82, 2.24) is 4.57 Å². The molecule has 1 saturated heterocycles. The fourth-order valence-electron chi connectivity index (χ4n) is 2.43. The van der Waals surface area contributed by atoms with E-state index in [-0.39, 0.29) is 12.2 Å². The molecule has 3 rings (SSSR count). The van der Waals surface area contributed by atoms with Crippen LogP contribution in [-0.2, 0) is 9.47 Å². The van der Waals surface area contributed by atoms with Crippen LogP contribution in [0.1, 0.15) is 29.4 Å². The van der Waals surface area contributed by atoms with Crippen LogP contribution in [0.15, 0.2) is 30.5 Å². The Labute approximate surface area is 105 Å². The largest absolute Gasteiger partial charge is 0.465 e. The normalized spacial score (nSPS) is 19.3. The minimum absolute atomic E-state index is 0.0930. The summed E-state index contributed by atoms with van der Waals surface area (Å²) < 4.78 is 12.5. The topological polar surface area (TPSA) is 40.5 Å². The van der Waals surface area contributed by atoms with Gasteiger partial charge in [-0.15, -0.1) is 0 Å². The van der Waals surface area contributed by atoms with Crippen LogP contribution in [0.3, 0.4) is 0 Å². The Morgan fingerprint density at radius 3 is 3.06 bits per heavy atom. The van der Waals surface area contributed by atoms with E-state index in [1.165, 1.54) is 7.11 Å². The lowest BCUT2D eigenvalue weighted by Gasteiger charge is -2.13. The maximum Gasteiger partial charge on any atom is 0.337 e. The van der Waals surface area contributed by atoms with Gasteiger partial charge in [-0.05, 0) is 36.4 Å². The molecular formula is C14H15NO3. The van der Waals surface area contributed by atoms with Crippen molar-refractivity contribution in [3.05, 3.63) is 36.0 Å². The summed E-state index contributed by atoms with van der Waals surface area (Å²) >= 11 is 0. The zero-order valence-corrected chi connectivity index (χ0v) is 10.3. The van der Waals surface area contributed by atoms with Crippen molar-refractivity contribution >= 4 is 16.9 Å². The summed E-state index contributed by atoms with van der Waals surface area (Å²) in [6.07, 6.45) is 4.21. The zero-order valence-electron chi connectivity index (χ0n) is 10.3. The van der Waals surface area contributed by atoms with Gasteiger partial charge in [-0.1, -0.05) is 6.07 Å². The number of methoxy groups -OCH3 is 1. The van der Waals surface area contributed by atoms with Gasteiger partial charge in [0.25, 0.3) is 0 Å². The number of carbonyl (C=O) groups is 1. The van der Waals surface area contributed by atoms with Crippen LogP contribution in [0.25, 0.3) is 10.9 Å². The highest BCUT2D eigenvalue weighted by Crippen LogP contribution is 2.28. The van der Waals surface area contributed by atoms with E-state index >= 15 is 0 Å². The number of hydrogen-bond acceptors (Lipinski definition) is 3. The molecule has 18 heavy (non-hydrogen) atoms. The number of aromatic nitrogens is 1. The number of carbonyl (C=O) groups excluding carboxylic acids is 1. The molecule has 0 spiro atoms. The maximum absolute atomic E-state index is 11.5. The van der Waals surface area contributed by atoms with E-state index in [9.17, 15) is 4.79 Å². The van der Waals surface area contributed by atoms with Crippen LogP contribution in [0.2, 0.25) is 0 Å². The first-order chi connectivity index (χ1) is 8.79. The summed E-state index contributed by atoms with van der Waals surface area (Å²) in [5.74, 6) is -0.308. The minimum atomic E-state index is -0.308. The molecule has 1 aromatic carbocycles. The highest BCUT2D eigenvalue weighted by atomic mass is 16.5. The second kappa shape index (κ2) is 4.46. The molecule has 1 aliphatic rings. The first-order valence-electron chi connectivity index (χ1n) is 6.10. The smallest absolute Gasteiger partial charge is 0.337 e. The number of esters is 1. The predicted molar refractivity (Wildman–Crippen MR) is 67.5 cm³/mol. The molecule has 0 aliphatic carbocycles. The van der Waals surface area contributed by atoms with E-state index in [0.717, 1.165) is 30.4 Å². The van der Waals surface area contributed by atoms with E-state index in [4.69, 9.17) is 9.47 Å². The summed E-state index contributed by atoms with van der Waals surface area (Å²) in [6, 6.07) is 7.63. The van der Waals surface area contributed by atoms with E-state index in [0.29, 0.717) is 5.56 Å². The summed E-state index contributed by atoms with van der Waals surface area (Å²) in [5, 5.41) is 1.11. The third-order valence-electron chi connectivity index (χ3n) is 3.36. The SMILES string of the molecule is COC(=O)c1ccc2ccn(C3CCCO3)c2c1. The molecule has 1 unspecified atom stereocenters. The Morgan fingerprint density at radius 1 is 1.44 bits per heavy atom. The highest BCUT2D eigenvalue weighted by Gasteiger charge is 2.19. The molecule has 0 radical (unpaired) electrons. The van der Waals surface area contributed by atoms with E-state index < -0.39 is 0 Å². The first-order valence-corrected chi connectivity index (χ1v) is 6.10. The molecule has 1 aromatic heterocycles. The monoisotopic (exact) mass is 245 g/mol. The van der Waals surface area contributed by atoms with Gasteiger partial charge in [0.05, 0.1) is 18.2 Å². The van der Waals surface area contributed by atoms with Crippen molar-refractivity contribution in [3.8, 4) is 0 Å². The van der Waals surface area contributed by atoms with Gasteiger partial charge in [-0.3, -0.25) is 0 Å². The quantitative estimate of drug-likeness (QED) is 0.764. The molecular weight excluding hydrogens is 230 g/mol. The van der Waals surface area contributed by atoms with Gasteiger partial charge >= 0.3 is 5.97 Å². The fourth-order valence-corrected chi connectivity index (χ4v) is 2.43. The van der Waals surface area contributed by atoms with Crippen LogP contribution in [0, 0.1) is 0 Å². The average molecular weight is 245 g/mol. The van der Waals surface area contributed by atoms with Gasteiger partial charge in [0, 0.05) is 12.8 Å². The Kier molecular flexibility index (Phi) is 2.80. The van der Waals surface area contributed by atoms with Crippen molar-refractivity contribution in [1.29, 1.82) is 0 Å². The maximum atomic E-state index is 11.5. The highest BCUT2D eigenvalue weighted by molar-refractivity contribution is 5.94. The Bertz CT molecular complexity index is 582. The molecule has 0 N–H and O–H groups in total. The molecule has 0 bridgehead atoms. The minimum Gasteiger partial charge on any atom is -0.465 e. The lowest BCUT2D eigenvalue weighted by atomic mass is 10.1. The third-order valence-corrected chi connectivity index (χ3v) is 3.36. The second-order valence-corrected chi connectivity index (χ2v) is 4.46. The molecule has 1 fully saturated rings. The summed E-state index contributed by atoms with van der Waals surface area (Å²) in [4.78, 5) is 11.5. The fraction of sp³-hybridized carbons (Fsp3) is 0.357. The molecule has 4 nitrogen and oxygen atoms in total. The molecule has 1 atom stereocenters. The molecule has 0 saturated carbocycles. The van der Waals surface area contributed by atoms with Crippen molar-refractivity contribution in [2.24, 2.45) is 0 Å². The number of rotatable bonds is 2. The zero-order chi connectivity index (χ0) is 12.5. The molecule has 4 heteroatoms. The molecule has 2 heterocycles. The first kappa shape index (κ1) is 11.3. The molecule has 0 amide bonds. The van der Waals surface area contributed by atoms with Crippen LogP contribution in [0.5, 0.6) is 0 Å². The van der Waals surface area contributed by atoms with Gasteiger partial charge in [0.2, 0.25) is 0 Å². The Morgan fingerprint density at radius 2 is 2.33 bits per heavy atom. The van der Waals surface area contributed by atoms with Gasteiger partial charge in [0.15, 0.2) is 0 Å². The summed E-state index contributed by atoms with van der Waals surface area (Å²) in [6.45, 7) is 0.807. The lowest BCUT2D eigenvalue weighted by Crippen LogP contribution is -2.06. The average Bonchev–Trinajstić information content (AvgIpc) is 3.05. The third kappa shape index (κ3) is 1.78. The van der Waals surface area contributed by atoms with Gasteiger partial charge in [-0.2, -0.15) is 0 Å². The number of ether oxygens (including phenoxy) is 2. The van der Waals surface area contributed by atoms with Gasteiger partial charge < -0.3 is 14.0 Å². The number of fused-ring (bicyclic) bond motifs is 1. The van der Waals surface area contributed by atoms with Crippen molar-refractivity contribution in [2.45, 2.75) is 19.1 Å². The Hall–Kier alpha value is -1.81. The molecule has 2 aromatic rings. The summed E-state index contributed by atoms with van der Waals surface area (Å²) in [5.41, 5.74) is 1.59. The number of nitrogens with zero attached hydrogens (tertiary/aromatic N) is 1. The molecule has 1 aliphatic heterocycles. The van der Waals surface area contributed by atoms with Crippen LogP contribution in [-0.4, -0.2) is 24.3 Å². The van der Waals surface area contributed by atoms with E-state index in [2.05, 4.69) is 4.57 Å². The molecule has 94 valence electrons. The van der Waals surface area contributed by atoms with Crippen molar-refractivity contribution in [2.75, 3.05) is 13.7 Å². The Balaban J connectivity index is 2.07. The van der Waals surface area contributed by atoms with Gasteiger partial charge in [0.1, 0.15) is 6.23 Å². The van der Waals surface area contributed by atoms with Crippen LogP contribution < -0.4 is 0 Å². The van der Waals surface area contributed by atoms with Crippen molar-refractivity contribution in [3.63, 3.8) is 0 Å². The van der Waals surface area contributed by atoms with Gasteiger partial charge in [-0.25, -0.2) is 4.79 Å². The van der Waals surface area contributed by atoms with Crippen LogP contribution in [0.4, 0.5) is 0 Å². The number of hydrogen-bond donors (Lipinski definition) is 0. The second-order valence-electron chi connectivity index (χ2n) is 4.46. The van der Waals surface area contributed by atoms with E-state index in [1.807, 2.05) is 24.4 Å². The predicted octanol–water partition coefficient (Wildman–Crippen LogP) is 2.74. The standard InChI is InChI=1S/C14H15NO3/c1-17-14(16)11-5-4-10-6-7-15(12(10)9-11)13-3-2-8-18-13/h4-7,9,13H,2-3,8H2,1H3. The number of benzene rings is 1.